The molecule has 3 heterocycles. The molecule has 180 valence electrons. The summed E-state index contributed by atoms with van der Waals surface area (Å²) >= 11 is 0. The summed E-state index contributed by atoms with van der Waals surface area (Å²) < 4.78 is 17.2. The van der Waals surface area contributed by atoms with Gasteiger partial charge in [-0.25, -0.2) is 0 Å². The minimum atomic E-state index is -0.650. The Bertz CT molecular complexity index is 865. The Hall–Kier alpha value is -2.69. The molecule has 0 saturated carbocycles. The normalized spacial score (nSPS) is 28.5. The molecule has 2 bridgehead atoms. The first kappa shape index (κ1) is 23.5. The predicted molar refractivity (Wildman–Crippen MR) is 119 cm³/mol. The summed E-state index contributed by atoms with van der Waals surface area (Å²) in [5, 5.41) is 9.11. The Kier molecular flexibility index (Phi) is 7.79. The zero-order valence-corrected chi connectivity index (χ0v) is 18.9. The lowest BCUT2D eigenvalue weighted by atomic mass is 9.96. The van der Waals surface area contributed by atoms with Crippen LogP contribution in [-0.4, -0.2) is 93.4 Å². The summed E-state index contributed by atoms with van der Waals surface area (Å²) in [4.78, 5) is 40.2. The van der Waals surface area contributed by atoms with Crippen LogP contribution in [0, 0.1) is 0 Å². The second kappa shape index (κ2) is 11.0. The van der Waals surface area contributed by atoms with E-state index in [0.29, 0.717) is 44.0 Å². The number of fused-ring (bicyclic) bond motifs is 4. The number of ether oxygens (including phenoxy) is 3. The lowest BCUT2D eigenvalue weighted by molar-refractivity contribution is -0.131. The summed E-state index contributed by atoms with van der Waals surface area (Å²) in [6, 6.07) is 6.26. The standard InChI is InChI=1S/C23H32N4O6/c1-31-14-21(28)26-17-7-6-15-8-11-32-19-5-3-2-4-16(19)23(30)27-10-9-24-12-18(27)22(29)25-13-20(17)33-15/h2-5,15,17-18,20,24H,6-14H2,1H3,(H,25,29)(H,26,28)/t15-,17+,18-,20+/m0/s1. The zero-order valence-electron chi connectivity index (χ0n) is 18.9. The molecule has 3 aliphatic rings. The highest BCUT2D eigenvalue weighted by Gasteiger charge is 2.37. The van der Waals surface area contributed by atoms with Gasteiger partial charge in [-0.3, -0.25) is 14.4 Å². The fourth-order valence-corrected chi connectivity index (χ4v) is 4.63. The predicted octanol–water partition coefficient (Wildman–Crippen LogP) is -0.322. The Morgan fingerprint density at radius 3 is 2.91 bits per heavy atom. The number of piperazine rings is 1. The number of carbonyl (C=O) groups excluding carboxylic acids is 3. The Morgan fingerprint density at radius 1 is 1.21 bits per heavy atom. The largest absolute Gasteiger partial charge is 0.493 e. The summed E-state index contributed by atoms with van der Waals surface area (Å²) in [7, 11) is 1.47. The second-order valence-corrected chi connectivity index (χ2v) is 8.58. The fraction of sp³-hybridized carbons (Fsp3) is 0.609. The number of rotatable bonds is 3. The molecular formula is C23H32N4O6. The maximum atomic E-state index is 13.4. The number of para-hydroxylation sites is 1. The van der Waals surface area contributed by atoms with Crippen molar-refractivity contribution in [2.75, 3.05) is 46.5 Å². The lowest BCUT2D eigenvalue weighted by Gasteiger charge is -2.39. The van der Waals surface area contributed by atoms with Crippen molar-refractivity contribution in [1.82, 2.24) is 20.9 Å². The van der Waals surface area contributed by atoms with Crippen LogP contribution in [-0.2, 0) is 19.1 Å². The van der Waals surface area contributed by atoms with Crippen molar-refractivity contribution in [3.05, 3.63) is 29.8 Å². The number of carbonyl (C=O) groups is 3. The highest BCUT2D eigenvalue weighted by molar-refractivity contribution is 6.00. The first-order valence-electron chi connectivity index (χ1n) is 11.5. The maximum Gasteiger partial charge on any atom is 0.258 e. The minimum absolute atomic E-state index is 0.0307. The monoisotopic (exact) mass is 460 g/mol. The van der Waals surface area contributed by atoms with E-state index in [9.17, 15) is 14.4 Å². The van der Waals surface area contributed by atoms with Crippen molar-refractivity contribution >= 4 is 17.7 Å². The van der Waals surface area contributed by atoms with Crippen LogP contribution in [0.4, 0.5) is 0 Å². The van der Waals surface area contributed by atoms with Gasteiger partial charge in [-0.05, 0) is 25.0 Å². The van der Waals surface area contributed by atoms with E-state index in [1.807, 2.05) is 6.07 Å². The Labute approximate surface area is 193 Å². The first-order chi connectivity index (χ1) is 16.1. The minimum Gasteiger partial charge on any atom is -0.493 e. The molecule has 3 aliphatic heterocycles. The highest BCUT2D eigenvalue weighted by Crippen LogP contribution is 2.25. The number of benzene rings is 1. The van der Waals surface area contributed by atoms with Crippen LogP contribution in [0.25, 0.3) is 0 Å². The van der Waals surface area contributed by atoms with Gasteiger partial charge in [0.2, 0.25) is 11.8 Å². The van der Waals surface area contributed by atoms with Crippen LogP contribution >= 0.6 is 0 Å². The molecule has 4 atom stereocenters. The SMILES string of the molecule is COCC(=O)N[C@@H]1CC[C@H]2CCOc3ccccc3C(=O)N3CCNC[C@H]3C(=O)NC[C@H]1O2. The van der Waals surface area contributed by atoms with E-state index in [0.717, 1.165) is 12.8 Å². The molecule has 10 nitrogen and oxygen atoms in total. The van der Waals surface area contributed by atoms with Crippen LogP contribution < -0.4 is 20.7 Å². The molecule has 0 radical (unpaired) electrons. The topological polar surface area (TPSA) is 118 Å². The smallest absolute Gasteiger partial charge is 0.258 e. The molecule has 0 aliphatic carbocycles. The summed E-state index contributed by atoms with van der Waals surface area (Å²) in [6.45, 7) is 2.01. The summed E-state index contributed by atoms with van der Waals surface area (Å²) in [5.41, 5.74) is 0.456. The molecule has 4 rings (SSSR count). The zero-order chi connectivity index (χ0) is 23.2. The van der Waals surface area contributed by atoms with Crippen LogP contribution in [0.5, 0.6) is 5.75 Å². The van der Waals surface area contributed by atoms with Gasteiger partial charge in [0, 0.05) is 39.7 Å². The van der Waals surface area contributed by atoms with E-state index < -0.39 is 6.04 Å². The summed E-state index contributed by atoms with van der Waals surface area (Å²) in [6.07, 6.45) is 1.67. The van der Waals surface area contributed by atoms with Gasteiger partial charge in [0.25, 0.3) is 5.91 Å². The van der Waals surface area contributed by atoms with Gasteiger partial charge < -0.3 is 35.1 Å². The molecule has 2 fully saturated rings. The molecule has 0 unspecified atom stereocenters. The van der Waals surface area contributed by atoms with Gasteiger partial charge in [-0.15, -0.1) is 0 Å². The number of nitrogens with zero attached hydrogens (tertiary/aromatic N) is 1. The van der Waals surface area contributed by atoms with E-state index in [2.05, 4.69) is 16.0 Å². The molecule has 0 spiro atoms. The Morgan fingerprint density at radius 2 is 2.06 bits per heavy atom. The third-order valence-electron chi connectivity index (χ3n) is 6.34. The highest BCUT2D eigenvalue weighted by atomic mass is 16.5. The number of amides is 3. The van der Waals surface area contributed by atoms with E-state index in [1.165, 1.54) is 7.11 Å². The molecule has 2 saturated heterocycles. The van der Waals surface area contributed by atoms with Gasteiger partial charge in [-0.1, -0.05) is 12.1 Å². The van der Waals surface area contributed by atoms with E-state index >= 15 is 0 Å². The molecule has 1 aromatic rings. The average Bonchev–Trinajstić information content (AvgIpc) is 2.83. The van der Waals surface area contributed by atoms with Gasteiger partial charge in [0.1, 0.15) is 18.4 Å². The molecule has 3 amide bonds. The van der Waals surface area contributed by atoms with Crippen LogP contribution in [0.1, 0.15) is 29.6 Å². The van der Waals surface area contributed by atoms with Gasteiger partial charge in [-0.2, -0.15) is 0 Å². The van der Waals surface area contributed by atoms with E-state index in [-0.39, 0.29) is 49.1 Å². The lowest BCUT2D eigenvalue weighted by Crippen LogP contribution is -2.61. The fourth-order valence-electron chi connectivity index (χ4n) is 4.63. The molecule has 0 aromatic heterocycles. The second-order valence-electron chi connectivity index (χ2n) is 8.58. The van der Waals surface area contributed by atoms with Crippen molar-refractivity contribution < 1.29 is 28.6 Å². The van der Waals surface area contributed by atoms with Crippen LogP contribution in [0.2, 0.25) is 0 Å². The third kappa shape index (κ3) is 5.63. The van der Waals surface area contributed by atoms with Crippen molar-refractivity contribution in [1.29, 1.82) is 0 Å². The molecule has 1 aromatic carbocycles. The van der Waals surface area contributed by atoms with Crippen molar-refractivity contribution in [3.8, 4) is 5.75 Å². The number of hydrogen-bond donors (Lipinski definition) is 3. The van der Waals surface area contributed by atoms with Gasteiger partial charge in [0.05, 0.1) is 30.4 Å². The van der Waals surface area contributed by atoms with Gasteiger partial charge >= 0.3 is 0 Å². The maximum absolute atomic E-state index is 13.4. The summed E-state index contributed by atoms with van der Waals surface area (Å²) in [5.74, 6) is -0.179. The average molecular weight is 461 g/mol. The van der Waals surface area contributed by atoms with Crippen molar-refractivity contribution in [3.63, 3.8) is 0 Å². The number of hydrogen-bond acceptors (Lipinski definition) is 7. The number of nitrogens with one attached hydrogen (secondary N) is 3. The third-order valence-corrected chi connectivity index (χ3v) is 6.34. The van der Waals surface area contributed by atoms with Crippen LogP contribution in [0.15, 0.2) is 24.3 Å². The molecule has 3 N–H and O–H groups in total. The molecular weight excluding hydrogens is 428 g/mol. The van der Waals surface area contributed by atoms with Crippen molar-refractivity contribution in [2.24, 2.45) is 0 Å². The Balaban J connectivity index is 1.56. The first-order valence-corrected chi connectivity index (χ1v) is 11.5. The van der Waals surface area contributed by atoms with Crippen LogP contribution in [0.3, 0.4) is 0 Å². The van der Waals surface area contributed by atoms with E-state index in [1.54, 1.807) is 23.1 Å². The molecule has 33 heavy (non-hydrogen) atoms. The number of methoxy groups -OCH3 is 1. The molecule has 10 heteroatoms. The van der Waals surface area contributed by atoms with Gasteiger partial charge in [0.15, 0.2) is 0 Å². The van der Waals surface area contributed by atoms with E-state index in [4.69, 9.17) is 14.2 Å². The van der Waals surface area contributed by atoms with Crippen molar-refractivity contribution in [2.45, 2.75) is 43.6 Å². The quantitative estimate of drug-likeness (QED) is 0.566.